The predicted octanol–water partition coefficient (Wildman–Crippen LogP) is 4.53. The summed E-state index contributed by atoms with van der Waals surface area (Å²) in [5, 5.41) is 8.71. The van der Waals surface area contributed by atoms with Gasteiger partial charge in [0.25, 0.3) is 0 Å². The molecule has 0 fully saturated rings. The smallest absolute Gasteiger partial charge is 0.396 e. The summed E-state index contributed by atoms with van der Waals surface area (Å²) in [4.78, 5) is 9.62. The first-order valence-electron chi connectivity index (χ1n) is 12.6. The molecule has 0 bridgehead atoms. The van der Waals surface area contributed by atoms with E-state index >= 15 is 0 Å². The lowest BCUT2D eigenvalue weighted by molar-refractivity contribution is -0.0145. The first-order valence-corrected chi connectivity index (χ1v) is 16.6. The summed E-state index contributed by atoms with van der Waals surface area (Å²) in [6.07, 6.45) is 5.00. The molecule has 36 heavy (non-hydrogen) atoms. The predicted molar refractivity (Wildman–Crippen MR) is 145 cm³/mol. The minimum atomic E-state index is -4.07. The van der Waals surface area contributed by atoms with Crippen molar-refractivity contribution in [2.24, 2.45) is 5.41 Å². The summed E-state index contributed by atoms with van der Waals surface area (Å²) < 4.78 is 48.7. The minimum Gasteiger partial charge on any atom is -0.396 e. The van der Waals surface area contributed by atoms with Crippen molar-refractivity contribution in [3.8, 4) is 0 Å². The molecule has 1 unspecified atom stereocenters. The summed E-state index contributed by atoms with van der Waals surface area (Å²) in [6.45, 7) is 11.6. The van der Waals surface area contributed by atoms with Crippen molar-refractivity contribution >= 4 is 29.4 Å². The molecule has 0 amide bonds. The summed E-state index contributed by atoms with van der Waals surface area (Å²) in [6, 6.07) is 0. The van der Waals surface area contributed by atoms with Crippen molar-refractivity contribution in [3.05, 3.63) is 0 Å². The molecule has 10 nitrogen and oxygen atoms in total. The third-order valence-electron chi connectivity index (χ3n) is 4.45. The van der Waals surface area contributed by atoms with Crippen molar-refractivity contribution < 1.29 is 47.3 Å². The molecule has 0 aliphatic rings. The molecule has 0 aromatic rings. The fraction of sp³-hybridized carbons (Fsp3) is 1.00. The Morgan fingerprint density at radius 1 is 0.639 bits per heavy atom. The molecular formula is C23H49O10PS2. The summed E-state index contributed by atoms with van der Waals surface area (Å²) >= 11 is 0. The Kier molecular flexibility index (Phi) is 26.2. The van der Waals surface area contributed by atoms with E-state index in [1.54, 1.807) is 10.8 Å². The summed E-state index contributed by atoms with van der Waals surface area (Å²) in [5.41, 5.74) is 0.291. The van der Waals surface area contributed by atoms with Gasteiger partial charge in [-0.15, -0.1) is 0 Å². The van der Waals surface area contributed by atoms with Crippen LogP contribution >= 0.6 is 29.4 Å². The van der Waals surface area contributed by atoms with E-state index in [-0.39, 0.29) is 25.8 Å². The van der Waals surface area contributed by atoms with Crippen LogP contribution in [0.15, 0.2) is 0 Å². The van der Waals surface area contributed by atoms with E-state index in [1.165, 1.54) is 10.8 Å². The highest BCUT2D eigenvalue weighted by atomic mass is 33.1. The molecule has 0 rings (SSSR count). The number of hydrogen-bond acceptors (Lipinski definition) is 11. The number of unbranched alkanes of at least 4 members (excludes halogenated alkanes) is 3. The lowest BCUT2D eigenvalue weighted by Crippen LogP contribution is -2.15. The van der Waals surface area contributed by atoms with Gasteiger partial charge in [0, 0.05) is 19.0 Å². The van der Waals surface area contributed by atoms with E-state index in [0.29, 0.717) is 58.3 Å². The normalized spacial score (nSPS) is 13.8. The molecule has 0 saturated carbocycles. The third kappa shape index (κ3) is 30.8. The fourth-order valence-corrected chi connectivity index (χ4v) is 5.31. The van der Waals surface area contributed by atoms with E-state index in [9.17, 15) is 9.46 Å². The van der Waals surface area contributed by atoms with Crippen LogP contribution in [0.3, 0.4) is 0 Å². The zero-order chi connectivity index (χ0) is 26.8. The lowest BCUT2D eigenvalue weighted by Gasteiger charge is -2.17. The van der Waals surface area contributed by atoms with Crippen molar-refractivity contribution in [3.63, 3.8) is 0 Å². The van der Waals surface area contributed by atoms with Crippen LogP contribution in [0.25, 0.3) is 0 Å². The van der Waals surface area contributed by atoms with Gasteiger partial charge in [-0.05, 0) is 24.7 Å². The summed E-state index contributed by atoms with van der Waals surface area (Å²) in [5.74, 6) is 1.00. The van der Waals surface area contributed by atoms with Crippen LogP contribution in [0.5, 0.6) is 0 Å². The Bertz CT molecular complexity index is 512. The zero-order valence-electron chi connectivity index (χ0n) is 22.4. The van der Waals surface area contributed by atoms with Gasteiger partial charge >= 0.3 is 7.82 Å². The first kappa shape index (κ1) is 36.6. The highest BCUT2D eigenvalue weighted by Gasteiger charge is 2.20. The second-order valence-corrected chi connectivity index (χ2v) is 13.0. The maximum Gasteiger partial charge on any atom is 0.473 e. The molecule has 0 aromatic heterocycles. The molecule has 0 saturated heterocycles. The Balaban J connectivity index is 3.27. The average molecular weight is 581 g/mol. The number of ether oxygens (including phenoxy) is 5. The second-order valence-electron chi connectivity index (χ2n) is 9.00. The van der Waals surface area contributed by atoms with Crippen molar-refractivity contribution in [1.82, 2.24) is 0 Å². The van der Waals surface area contributed by atoms with Crippen molar-refractivity contribution in [1.29, 1.82) is 0 Å². The lowest BCUT2D eigenvalue weighted by atomic mass is 9.93. The van der Waals surface area contributed by atoms with Gasteiger partial charge in [-0.3, -0.25) is 9.05 Å². The molecule has 0 spiro atoms. The Morgan fingerprint density at radius 2 is 1.11 bits per heavy atom. The van der Waals surface area contributed by atoms with E-state index < -0.39 is 7.82 Å². The number of aliphatic hydroxyl groups excluding tert-OH is 1. The highest BCUT2D eigenvalue weighted by Crippen LogP contribution is 2.44. The number of phosphoric acid groups is 1. The summed E-state index contributed by atoms with van der Waals surface area (Å²) in [7, 11) is -1.11. The average Bonchev–Trinajstić information content (AvgIpc) is 2.81. The van der Waals surface area contributed by atoms with Gasteiger partial charge in [0.15, 0.2) is 0 Å². The van der Waals surface area contributed by atoms with E-state index in [1.807, 2.05) is 0 Å². The fourth-order valence-electron chi connectivity index (χ4n) is 2.42. The van der Waals surface area contributed by atoms with Gasteiger partial charge in [0.05, 0.1) is 66.1 Å². The number of phosphoric ester groups is 1. The van der Waals surface area contributed by atoms with Crippen LogP contribution in [-0.2, 0) is 37.3 Å². The largest absolute Gasteiger partial charge is 0.473 e. The van der Waals surface area contributed by atoms with E-state index in [0.717, 1.165) is 44.5 Å². The third-order valence-corrected chi connectivity index (χ3v) is 7.71. The van der Waals surface area contributed by atoms with Gasteiger partial charge in [-0.1, -0.05) is 55.2 Å². The number of aliphatic hydroxyl groups is 1. The monoisotopic (exact) mass is 580 g/mol. The van der Waals surface area contributed by atoms with Crippen LogP contribution < -0.4 is 0 Å². The Labute approximate surface area is 225 Å². The molecule has 13 heteroatoms. The molecule has 0 aliphatic carbocycles. The van der Waals surface area contributed by atoms with Gasteiger partial charge in [-0.2, -0.15) is 0 Å². The second kappa shape index (κ2) is 25.8. The van der Waals surface area contributed by atoms with Crippen molar-refractivity contribution in [2.75, 3.05) is 91.0 Å². The molecule has 218 valence electrons. The maximum absolute atomic E-state index is 11.8. The molecular weight excluding hydrogens is 531 g/mol. The SMILES string of the molecule is CC(C)(C)CCOCCOCCOCCOCCOCCOP(=O)(O)OCSSCCCCCCO. The van der Waals surface area contributed by atoms with Crippen LogP contribution in [0.2, 0.25) is 0 Å². The highest BCUT2D eigenvalue weighted by molar-refractivity contribution is 8.76. The zero-order valence-corrected chi connectivity index (χ0v) is 24.9. The van der Waals surface area contributed by atoms with Crippen LogP contribution in [0, 0.1) is 5.41 Å². The molecule has 0 aromatic carbocycles. The maximum atomic E-state index is 11.8. The van der Waals surface area contributed by atoms with Gasteiger partial charge in [0.1, 0.15) is 5.94 Å². The number of hydrogen-bond donors (Lipinski definition) is 2. The topological polar surface area (TPSA) is 122 Å². The quantitative estimate of drug-likeness (QED) is 0.0585. The van der Waals surface area contributed by atoms with Crippen molar-refractivity contribution in [2.45, 2.75) is 52.9 Å². The first-order chi connectivity index (χ1) is 17.3. The molecule has 0 heterocycles. The standard InChI is InChI=1S/C23H49O10PS2/c1-23(2,3)8-10-27-11-12-28-13-14-29-15-16-30-17-18-31-19-20-32-34(25,26)33-22-36-35-21-7-5-4-6-9-24/h24H,4-22H2,1-3H3,(H,25,26). The minimum absolute atomic E-state index is 0.0405. The van der Waals surface area contributed by atoms with Gasteiger partial charge in [-0.25, -0.2) is 4.57 Å². The molecule has 0 aliphatic heterocycles. The van der Waals surface area contributed by atoms with Crippen LogP contribution in [-0.4, -0.2) is 101 Å². The number of rotatable bonds is 28. The van der Waals surface area contributed by atoms with Crippen LogP contribution in [0.4, 0.5) is 0 Å². The molecule has 1 atom stereocenters. The molecule has 2 N–H and O–H groups in total. The van der Waals surface area contributed by atoms with E-state index in [4.69, 9.17) is 37.8 Å². The van der Waals surface area contributed by atoms with Crippen LogP contribution in [0.1, 0.15) is 52.9 Å². The Hall–Kier alpha value is 0.570. The van der Waals surface area contributed by atoms with Gasteiger partial charge in [0.2, 0.25) is 0 Å². The van der Waals surface area contributed by atoms with E-state index in [2.05, 4.69) is 20.8 Å². The van der Waals surface area contributed by atoms with Gasteiger partial charge < -0.3 is 33.7 Å². The molecule has 0 radical (unpaired) electrons. The Morgan fingerprint density at radius 3 is 1.61 bits per heavy atom.